The van der Waals surface area contributed by atoms with E-state index in [0.29, 0.717) is 6.42 Å². The third-order valence-electron chi connectivity index (χ3n) is 3.87. The van der Waals surface area contributed by atoms with E-state index in [-0.39, 0.29) is 5.92 Å². The summed E-state index contributed by atoms with van der Waals surface area (Å²) in [6, 6.07) is 14.3. The second-order valence-electron chi connectivity index (χ2n) is 5.18. The van der Waals surface area contributed by atoms with Gasteiger partial charge >= 0.3 is 0 Å². The first-order valence-electron chi connectivity index (χ1n) is 6.91. The number of ether oxygens (including phenoxy) is 1. The number of thioether (sulfide) groups is 1. The van der Waals surface area contributed by atoms with Crippen molar-refractivity contribution in [3.05, 3.63) is 58.1 Å². The summed E-state index contributed by atoms with van der Waals surface area (Å²) < 4.78 is 6.40. The zero-order valence-electron chi connectivity index (χ0n) is 11.8. The fourth-order valence-electron chi connectivity index (χ4n) is 2.78. The molecule has 1 aliphatic rings. The molecule has 1 aliphatic heterocycles. The van der Waals surface area contributed by atoms with Gasteiger partial charge in [-0.1, -0.05) is 34.1 Å². The molecule has 0 aliphatic carbocycles. The van der Waals surface area contributed by atoms with Gasteiger partial charge < -0.3 is 9.84 Å². The molecule has 0 aromatic heterocycles. The topological polar surface area (TPSA) is 29.5 Å². The Labute approximate surface area is 137 Å². The monoisotopic (exact) mass is 364 g/mol. The van der Waals surface area contributed by atoms with Gasteiger partial charge in [0.25, 0.3) is 0 Å². The maximum absolute atomic E-state index is 10.7. The molecule has 2 atom stereocenters. The maximum Gasteiger partial charge on any atom is 0.122 e. The summed E-state index contributed by atoms with van der Waals surface area (Å²) in [6.45, 7) is 0. The maximum atomic E-state index is 10.7. The highest BCUT2D eigenvalue weighted by Gasteiger charge is 2.29. The average Bonchev–Trinajstić information content (AvgIpc) is 2.91. The van der Waals surface area contributed by atoms with E-state index in [1.54, 1.807) is 7.11 Å². The lowest BCUT2D eigenvalue weighted by atomic mass is 9.91. The molecule has 2 aromatic rings. The number of aliphatic hydroxyl groups excluding tert-OH is 1. The highest BCUT2D eigenvalue weighted by Crippen LogP contribution is 2.42. The second kappa shape index (κ2) is 6.42. The van der Waals surface area contributed by atoms with Crippen molar-refractivity contribution in [1.29, 1.82) is 0 Å². The first-order valence-corrected chi connectivity index (χ1v) is 8.69. The smallest absolute Gasteiger partial charge is 0.122 e. The summed E-state index contributed by atoms with van der Waals surface area (Å²) in [5.41, 5.74) is 2.30. The lowest BCUT2D eigenvalue weighted by Crippen LogP contribution is -2.21. The van der Waals surface area contributed by atoms with Gasteiger partial charge in [-0.3, -0.25) is 0 Å². The van der Waals surface area contributed by atoms with Gasteiger partial charge in [0.1, 0.15) is 5.75 Å². The third kappa shape index (κ3) is 3.12. The van der Waals surface area contributed by atoms with Crippen molar-refractivity contribution in [2.24, 2.45) is 0 Å². The molecule has 0 fully saturated rings. The molecule has 1 N–H and O–H groups in total. The molecule has 1 heterocycles. The van der Waals surface area contributed by atoms with Crippen molar-refractivity contribution >= 4 is 27.7 Å². The molecule has 0 bridgehead atoms. The molecule has 0 spiro atoms. The van der Waals surface area contributed by atoms with Crippen LogP contribution in [0.15, 0.2) is 51.8 Å². The molecular formula is C17H17BrO2S. The summed E-state index contributed by atoms with van der Waals surface area (Å²) in [4.78, 5) is 1.29. The molecule has 0 saturated heterocycles. The second-order valence-corrected chi connectivity index (χ2v) is 7.16. The van der Waals surface area contributed by atoms with Crippen LogP contribution in [0.5, 0.6) is 5.75 Å². The summed E-state index contributed by atoms with van der Waals surface area (Å²) in [7, 11) is 1.67. The number of methoxy groups -OCH3 is 1. The molecule has 0 amide bonds. The van der Waals surface area contributed by atoms with Crippen LogP contribution in [0.1, 0.15) is 17.0 Å². The van der Waals surface area contributed by atoms with Crippen molar-refractivity contribution in [3.63, 3.8) is 0 Å². The number of hydrogen-bond donors (Lipinski definition) is 1. The van der Waals surface area contributed by atoms with Crippen LogP contribution in [0.4, 0.5) is 0 Å². The number of benzene rings is 2. The average molecular weight is 365 g/mol. The number of aliphatic hydroxyl groups is 1. The summed E-state index contributed by atoms with van der Waals surface area (Å²) in [6.07, 6.45) is 0.201. The molecule has 2 aromatic carbocycles. The first-order chi connectivity index (χ1) is 10.2. The van der Waals surface area contributed by atoms with Gasteiger partial charge in [-0.2, -0.15) is 0 Å². The molecule has 0 saturated carbocycles. The predicted octanol–water partition coefficient (Wildman–Crippen LogP) is 4.25. The third-order valence-corrected chi connectivity index (χ3v) is 5.57. The van der Waals surface area contributed by atoms with Crippen molar-refractivity contribution in [3.8, 4) is 5.75 Å². The number of fused-ring (bicyclic) bond motifs is 1. The number of hydrogen-bond acceptors (Lipinski definition) is 3. The van der Waals surface area contributed by atoms with E-state index in [2.05, 4.69) is 34.1 Å². The van der Waals surface area contributed by atoms with Gasteiger partial charge in [0.15, 0.2) is 0 Å². The van der Waals surface area contributed by atoms with Crippen LogP contribution < -0.4 is 4.74 Å². The Kier molecular flexibility index (Phi) is 4.57. The van der Waals surface area contributed by atoms with E-state index in [1.807, 2.05) is 36.0 Å². The molecule has 2 nitrogen and oxygen atoms in total. The van der Waals surface area contributed by atoms with E-state index in [1.165, 1.54) is 10.5 Å². The van der Waals surface area contributed by atoms with E-state index in [4.69, 9.17) is 4.74 Å². The molecule has 21 heavy (non-hydrogen) atoms. The highest BCUT2D eigenvalue weighted by molar-refractivity contribution is 9.10. The van der Waals surface area contributed by atoms with E-state index in [0.717, 1.165) is 21.5 Å². The van der Waals surface area contributed by atoms with E-state index < -0.39 is 6.10 Å². The Morgan fingerprint density at radius 2 is 2.14 bits per heavy atom. The standard InChI is InChI=1S/C17H17BrO2S/c1-20-16-7-6-12(18)8-11(16)9-15(19)14-10-21-17-5-3-2-4-13(14)17/h2-8,14-15,19H,9-10H2,1H3. The van der Waals surface area contributed by atoms with Crippen LogP contribution in [0.2, 0.25) is 0 Å². The van der Waals surface area contributed by atoms with Crippen LogP contribution in [0, 0.1) is 0 Å². The molecular weight excluding hydrogens is 348 g/mol. The van der Waals surface area contributed by atoms with Gasteiger partial charge in [-0.15, -0.1) is 11.8 Å². The molecule has 3 rings (SSSR count). The molecule has 4 heteroatoms. The van der Waals surface area contributed by atoms with Crippen molar-refractivity contribution in [2.75, 3.05) is 12.9 Å². The van der Waals surface area contributed by atoms with Crippen LogP contribution in [0.25, 0.3) is 0 Å². The SMILES string of the molecule is COc1ccc(Br)cc1CC(O)C1CSc2ccccc21. The molecule has 110 valence electrons. The molecule has 2 unspecified atom stereocenters. The van der Waals surface area contributed by atoms with Gasteiger partial charge in [-0.25, -0.2) is 0 Å². The summed E-state index contributed by atoms with van der Waals surface area (Å²) >= 11 is 5.31. The summed E-state index contributed by atoms with van der Waals surface area (Å²) in [5.74, 6) is 1.96. The zero-order chi connectivity index (χ0) is 14.8. The van der Waals surface area contributed by atoms with Gasteiger partial charge in [0.2, 0.25) is 0 Å². The lowest BCUT2D eigenvalue weighted by Gasteiger charge is -2.20. The number of halogens is 1. The van der Waals surface area contributed by atoms with Crippen LogP contribution in [0.3, 0.4) is 0 Å². The van der Waals surface area contributed by atoms with Crippen molar-refractivity contribution < 1.29 is 9.84 Å². The first kappa shape index (κ1) is 14.9. The Morgan fingerprint density at radius 1 is 1.33 bits per heavy atom. The Hall–Kier alpha value is -0.970. The highest BCUT2D eigenvalue weighted by atomic mass is 79.9. The minimum atomic E-state index is -0.399. The summed E-state index contributed by atoms with van der Waals surface area (Å²) in [5, 5.41) is 10.7. The largest absolute Gasteiger partial charge is 0.496 e. The fraction of sp³-hybridized carbons (Fsp3) is 0.294. The van der Waals surface area contributed by atoms with E-state index in [9.17, 15) is 5.11 Å². The minimum Gasteiger partial charge on any atom is -0.496 e. The van der Waals surface area contributed by atoms with Gasteiger partial charge in [0, 0.05) is 27.5 Å². The quantitative estimate of drug-likeness (QED) is 0.879. The van der Waals surface area contributed by atoms with Crippen molar-refractivity contribution in [2.45, 2.75) is 23.3 Å². The predicted molar refractivity (Wildman–Crippen MR) is 90.3 cm³/mol. The van der Waals surface area contributed by atoms with E-state index >= 15 is 0 Å². The Bertz CT molecular complexity index is 644. The van der Waals surface area contributed by atoms with Crippen LogP contribution in [-0.2, 0) is 6.42 Å². The Balaban J connectivity index is 1.82. The zero-order valence-corrected chi connectivity index (χ0v) is 14.2. The minimum absolute atomic E-state index is 0.190. The Morgan fingerprint density at radius 3 is 2.95 bits per heavy atom. The van der Waals surface area contributed by atoms with Crippen LogP contribution in [-0.4, -0.2) is 24.1 Å². The number of rotatable bonds is 4. The van der Waals surface area contributed by atoms with Gasteiger partial charge in [-0.05, 0) is 35.4 Å². The van der Waals surface area contributed by atoms with Crippen molar-refractivity contribution in [1.82, 2.24) is 0 Å². The fourth-order valence-corrected chi connectivity index (χ4v) is 4.51. The van der Waals surface area contributed by atoms with Crippen LogP contribution >= 0.6 is 27.7 Å². The normalized spacial score (nSPS) is 18.3. The lowest BCUT2D eigenvalue weighted by molar-refractivity contribution is 0.150. The van der Waals surface area contributed by atoms with Gasteiger partial charge in [0.05, 0.1) is 13.2 Å². The molecule has 0 radical (unpaired) electrons.